The lowest BCUT2D eigenvalue weighted by Gasteiger charge is -2.12. The molecule has 0 saturated carbocycles. The molecule has 0 unspecified atom stereocenters. The van der Waals surface area contributed by atoms with E-state index in [1.807, 2.05) is 0 Å². The second-order valence-corrected chi connectivity index (χ2v) is 3.01. The van der Waals surface area contributed by atoms with Crippen LogP contribution in [0, 0.1) is 0 Å². The second kappa shape index (κ2) is 4.87. The van der Waals surface area contributed by atoms with Crippen molar-refractivity contribution in [3.8, 4) is 5.75 Å². The molecule has 0 saturated heterocycles. The molecule has 0 aromatic heterocycles. The summed E-state index contributed by atoms with van der Waals surface area (Å²) in [6.45, 7) is 3.27. The van der Waals surface area contributed by atoms with Crippen molar-refractivity contribution in [1.29, 1.82) is 0 Å². The average Bonchev–Trinajstić information content (AvgIpc) is 2.17. The lowest BCUT2D eigenvalue weighted by Crippen LogP contribution is -2.04. The Kier molecular flexibility index (Phi) is 3.77. The van der Waals surface area contributed by atoms with Crippen LogP contribution in [0.2, 0.25) is 0 Å². The molecule has 0 atom stereocenters. The van der Waals surface area contributed by atoms with Crippen LogP contribution in [-0.4, -0.2) is 12.4 Å². The predicted octanol–water partition coefficient (Wildman–Crippen LogP) is 3.23. The Bertz CT molecular complexity index is 362. The molecule has 0 spiro atoms. The van der Waals surface area contributed by atoms with Gasteiger partial charge in [-0.05, 0) is 26.0 Å². The molecule has 4 heteroatoms. The number of rotatable bonds is 4. The molecular formula is C11H12F2O2. The quantitative estimate of drug-likeness (QED) is 0.719. The van der Waals surface area contributed by atoms with Gasteiger partial charge in [0.05, 0.1) is 17.7 Å². The van der Waals surface area contributed by atoms with Gasteiger partial charge in [-0.2, -0.15) is 0 Å². The molecule has 1 rings (SSSR count). The Hall–Kier alpha value is -1.45. The van der Waals surface area contributed by atoms with Crippen LogP contribution in [0.1, 0.15) is 36.2 Å². The highest BCUT2D eigenvalue weighted by Crippen LogP contribution is 2.32. The first-order valence-electron chi connectivity index (χ1n) is 4.62. The van der Waals surface area contributed by atoms with Crippen LogP contribution in [0.5, 0.6) is 5.75 Å². The van der Waals surface area contributed by atoms with Crippen LogP contribution >= 0.6 is 0 Å². The normalized spacial score (nSPS) is 10.5. The molecule has 0 aliphatic heterocycles. The van der Waals surface area contributed by atoms with Crippen LogP contribution in [-0.2, 0) is 0 Å². The first-order valence-corrected chi connectivity index (χ1v) is 4.62. The van der Waals surface area contributed by atoms with Crippen molar-refractivity contribution in [2.75, 3.05) is 6.61 Å². The maximum Gasteiger partial charge on any atom is 0.267 e. The maximum atomic E-state index is 12.6. The summed E-state index contributed by atoms with van der Waals surface area (Å²) in [6, 6.07) is 4.18. The first kappa shape index (κ1) is 11.6. The van der Waals surface area contributed by atoms with E-state index in [0.29, 0.717) is 0 Å². The van der Waals surface area contributed by atoms with Crippen LogP contribution in [0.4, 0.5) is 8.78 Å². The van der Waals surface area contributed by atoms with Crippen molar-refractivity contribution >= 4 is 5.78 Å². The van der Waals surface area contributed by atoms with Crippen molar-refractivity contribution in [3.05, 3.63) is 29.3 Å². The van der Waals surface area contributed by atoms with Crippen LogP contribution in [0.3, 0.4) is 0 Å². The number of Topliss-reactive ketones (excluding diaryl/α,β-unsaturated/α-hetero) is 1. The van der Waals surface area contributed by atoms with Crippen LogP contribution in [0.15, 0.2) is 18.2 Å². The number of hydrogen-bond acceptors (Lipinski definition) is 2. The first-order chi connectivity index (χ1) is 7.07. The zero-order valence-electron chi connectivity index (χ0n) is 8.59. The number of halogens is 2. The van der Waals surface area contributed by atoms with Crippen molar-refractivity contribution in [1.82, 2.24) is 0 Å². The van der Waals surface area contributed by atoms with Gasteiger partial charge in [-0.1, -0.05) is 6.07 Å². The lowest BCUT2D eigenvalue weighted by atomic mass is 10.1. The third-order valence-electron chi connectivity index (χ3n) is 1.95. The van der Waals surface area contributed by atoms with Crippen molar-refractivity contribution in [2.45, 2.75) is 20.3 Å². The van der Waals surface area contributed by atoms with E-state index in [0.717, 1.165) is 0 Å². The second-order valence-electron chi connectivity index (χ2n) is 3.01. The minimum atomic E-state index is -2.63. The van der Waals surface area contributed by atoms with Crippen molar-refractivity contribution in [3.63, 3.8) is 0 Å². The third kappa shape index (κ3) is 2.52. The van der Waals surface area contributed by atoms with Gasteiger partial charge in [-0.15, -0.1) is 0 Å². The molecule has 0 aliphatic rings. The highest BCUT2D eigenvalue weighted by atomic mass is 19.3. The minimum Gasteiger partial charge on any atom is -0.493 e. The number of hydrogen-bond donors (Lipinski definition) is 0. The summed E-state index contributed by atoms with van der Waals surface area (Å²) < 4.78 is 30.3. The monoisotopic (exact) mass is 214 g/mol. The van der Waals surface area contributed by atoms with Crippen LogP contribution < -0.4 is 4.74 Å². The lowest BCUT2D eigenvalue weighted by molar-refractivity contribution is 0.101. The largest absolute Gasteiger partial charge is 0.493 e. The van der Waals surface area contributed by atoms with Crippen molar-refractivity contribution < 1.29 is 18.3 Å². The van der Waals surface area contributed by atoms with Crippen molar-refractivity contribution in [2.24, 2.45) is 0 Å². The Labute approximate surface area is 86.9 Å². The number of carbonyl (C=O) groups excluding carboxylic acids is 1. The molecular weight excluding hydrogens is 202 g/mol. The van der Waals surface area contributed by atoms with Gasteiger partial charge in [0.1, 0.15) is 5.75 Å². The predicted molar refractivity (Wildman–Crippen MR) is 52.6 cm³/mol. The fraction of sp³-hybridized carbons (Fsp3) is 0.364. The summed E-state index contributed by atoms with van der Waals surface area (Å²) >= 11 is 0. The standard InChI is InChI=1S/C11H12F2O2/c1-3-15-10-8(7(2)14)5-4-6-9(10)11(12)13/h4-6,11H,3H2,1-2H3. The highest BCUT2D eigenvalue weighted by molar-refractivity contribution is 5.97. The van der Waals surface area contributed by atoms with E-state index >= 15 is 0 Å². The number of para-hydroxylation sites is 1. The molecule has 0 heterocycles. The summed E-state index contributed by atoms with van der Waals surface area (Å²) in [5.74, 6) is -0.275. The molecule has 1 aromatic rings. The Balaban J connectivity index is 3.28. The third-order valence-corrected chi connectivity index (χ3v) is 1.95. The van der Waals surface area contributed by atoms with Gasteiger partial charge in [-0.3, -0.25) is 4.79 Å². The zero-order valence-corrected chi connectivity index (χ0v) is 8.59. The molecule has 0 aliphatic carbocycles. The highest BCUT2D eigenvalue weighted by Gasteiger charge is 2.18. The van der Waals surface area contributed by atoms with E-state index < -0.39 is 6.43 Å². The van der Waals surface area contributed by atoms with E-state index in [4.69, 9.17) is 4.74 Å². The Morgan fingerprint density at radius 3 is 2.60 bits per heavy atom. The minimum absolute atomic E-state index is 0.00231. The summed E-state index contributed by atoms with van der Waals surface area (Å²) in [5.41, 5.74) is -0.0285. The van der Waals surface area contributed by atoms with Gasteiger partial charge in [0.2, 0.25) is 0 Å². The number of ether oxygens (including phenoxy) is 1. The SMILES string of the molecule is CCOc1c(C(C)=O)cccc1C(F)F. The summed E-state index contributed by atoms with van der Waals surface area (Å²) in [7, 11) is 0. The van der Waals surface area contributed by atoms with E-state index in [9.17, 15) is 13.6 Å². The zero-order chi connectivity index (χ0) is 11.4. The summed E-state index contributed by atoms with van der Waals surface area (Å²) in [5, 5.41) is 0. The Morgan fingerprint density at radius 2 is 2.13 bits per heavy atom. The fourth-order valence-corrected chi connectivity index (χ4v) is 1.31. The summed E-state index contributed by atoms with van der Waals surface area (Å²) in [6.07, 6.45) is -2.63. The molecule has 0 radical (unpaired) electrons. The molecule has 0 fully saturated rings. The molecule has 1 aromatic carbocycles. The number of benzene rings is 1. The van der Waals surface area contributed by atoms with Gasteiger partial charge in [-0.25, -0.2) is 8.78 Å². The number of carbonyl (C=O) groups is 1. The van der Waals surface area contributed by atoms with E-state index in [-0.39, 0.29) is 29.3 Å². The van der Waals surface area contributed by atoms with E-state index in [1.165, 1.54) is 25.1 Å². The van der Waals surface area contributed by atoms with Gasteiger partial charge in [0.25, 0.3) is 6.43 Å². The molecule has 0 bridgehead atoms. The molecule has 0 N–H and O–H groups in total. The fourth-order valence-electron chi connectivity index (χ4n) is 1.31. The molecule has 82 valence electrons. The topological polar surface area (TPSA) is 26.3 Å². The molecule has 15 heavy (non-hydrogen) atoms. The van der Waals surface area contributed by atoms with Gasteiger partial charge in [0, 0.05) is 0 Å². The average molecular weight is 214 g/mol. The molecule has 0 amide bonds. The number of ketones is 1. The smallest absolute Gasteiger partial charge is 0.267 e. The van der Waals surface area contributed by atoms with E-state index in [2.05, 4.69) is 0 Å². The van der Waals surface area contributed by atoms with Gasteiger partial charge >= 0.3 is 0 Å². The summed E-state index contributed by atoms with van der Waals surface area (Å²) in [4.78, 5) is 11.2. The molecule has 2 nitrogen and oxygen atoms in total. The van der Waals surface area contributed by atoms with E-state index in [1.54, 1.807) is 6.92 Å². The Morgan fingerprint density at radius 1 is 1.47 bits per heavy atom. The van der Waals surface area contributed by atoms with Gasteiger partial charge in [0.15, 0.2) is 5.78 Å². The number of alkyl halides is 2. The van der Waals surface area contributed by atoms with Gasteiger partial charge < -0.3 is 4.74 Å². The maximum absolute atomic E-state index is 12.6. The van der Waals surface area contributed by atoms with Crippen LogP contribution in [0.25, 0.3) is 0 Å².